The lowest BCUT2D eigenvalue weighted by molar-refractivity contribution is 0.105. The van der Waals surface area contributed by atoms with Crippen LogP contribution in [-0.4, -0.2) is 43.7 Å². The van der Waals surface area contributed by atoms with Crippen LogP contribution in [-0.2, 0) is 0 Å². The zero-order chi connectivity index (χ0) is 12.8. The fourth-order valence-corrected chi connectivity index (χ4v) is 2.50. The van der Waals surface area contributed by atoms with Crippen LogP contribution in [0.4, 0.5) is 0 Å². The monoisotopic (exact) mass is 248 g/mol. The summed E-state index contributed by atoms with van der Waals surface area (Å²) in [5.74, 6) is 1.66. The molecule has 0 aliphatic carbocycles. The molecular formula is C15H24N2O. The molecule has 1 aliphatic rings. The maximum Gasteiger partial charge on any atom is 0.119 e. The lowest BCUT2D eigenvalue weighted by Gasteiger charge is -2.38. The SMILES string of the molecule is CC(C)C1CNCCN1CCOc1ccccc1. The summed E-state index contributed by atoms with van der Waals surface area (Å²) in [6.45, 7) is 9.69. The van der Waals surface area contributed by atoms with Crippen molar-refractivity contribution in [1.29, 1.82) is 0 Å². The first-order valence-corrected chi connectivity index (χ1v) is 6.90. The second kappa shape index (κ2) is 6.76. The van der Waals surface area contributed by atoms with Gasteiger partial charge in [-0.3, -0.25) is 4.90 Å². The number of nitrogens with one attached hydrogen (secondary N) is 1. The van der Waals surface area contributed by atoms with Gasteiger partial charge in [-0.2, -0.15) is 0 Å². The average molecular weight is 248 g/mol. The van der Waals surface area contributed by atoms with Gasteiger partial charge in [0.15, 0.2) is 0 Å². The Bertz CT molecular complexity index is 340. The summed E-state index contributed by atoms with van der Waals surface area (Å²) in [7, 11) is 0. The Morgan fingerprint density at radius 1 is 1.33 bits per heavy atom. The quantitative estimate of drug-likeness (QED) is 0.862. The topological polar surface area (TPSA) is 24.5 Å². The number of benzene rings is 1. The van der Waals surface area contributed by atoms with Gasteiger partial charge < -0.3 is 10.1 Å². The molecule has 0 saturated carbocycles. The van der Waals surface area contributed by atoms with E-state index in [2.05, 4.69) is 24.1 Å². The van der Waals surface area contributed by atoms with Gasteiger partial charge in [-0.1, -0.05) is 32.0 Å². The zero-order valence-electron chi connectivity index (χ0n) is 11.4. The molecule has 0 radical (unpaired) electrons. The summed E-state index contributed by atoms with van der Waals surface area (Å²) in [4.78, 5) is 2.55. The van der Waals surface area contributed by atoms with Crippen LogP contribution in [0.25, 0.3) is 0 Å². The van der Waals surface area contributed by atoms with E-state index in [1.54, 1.807) is 0 Å². The minimum atomic E-state index is 0.637. The Hall–Kier alpha value is -1.06. The molecule has 1 atom stereocenters. The maximum atomic E-state index is 5.77. The number of rotatable bonds is 5. The summed E-state index contributed by atoms with van der Waals surface area (Å²) in [6, 6.07) is 10.7. The van der Waals surface area contributed by atoms with Crippen LogP contribution in [0.2, 0.25) is 0 Å². The van der Waals surface area contributed by atoms with Crippen molar-refractivity contribution in [3.63, 3.8) is 0 Å². The molecule has 1 heterocycles. The van der Waals surface area contributed by atoms with Gasteiger partial charge in [0.25, 0.3) is 0 Å². The van der Waals surface area contributed by atoms with Gasteiger partial charge in [0, 0.05) is 32.2 Å². The van der Waals surface area contributed by atoms with Crippen molar-refractivity contribution in [2.75, 3.05) is 32.8 Å². The van der Waals surface area contributed by atoms with Gasteiger partial charge in [-0.05, 0) is 18.1 Å². The van der Waals surface area contributed by atoms with Gasteiger partial charge in [-0.25, -0.2) is 0 Å². The lowest BCUT2D eigenvalue weighted by atomic mass is 10.0. The minimum absolute atomic E-state index is 0.637. The normalized spacial score (nSPS) is 21.2. The standard InChI is InChI=1S/C15H24N2O/c1-13(2)15-12-16-8-9-17(15)10-11-18-14-6-4-3-5-7-14/h3-7,13,15-16H,8-12H2,1-2H3. The number of hydrogen-bond acceptors (Lipinski definition) is 3. The molecule has 1 N–H and O–H groups in total. The van der Waals surface area contributed by atoms with Crippen LogP contribution in [0.15, 0.2) is 30.3 Å². The van der Waals surface area contributed by atoms with E-state index in [1.165, 1.54) is 0 Å². The smallest absolute Gasteiger partial charge is 0.119 e. The Balaban J connectivity index is 1.78. The van der Waals surface area contributed by atoms with Crippen LogP contribution in [0, 0.1) is 5.92 Å². The first-order chi connectivity index (χ1) is 8.77. The third-order valence-electron chi connectivity index (χ3n) is 3.56. The maximum absolute atomic E-state index is 5.77. The first-order valence-electron chi connectivity index (χ1n) is 6.90. The molecular weight excluding hydrogens is 224 g/mol. The molecule has 2 rings (SSSR count). The van der Waals surface area contributed by atoms with Crippen LogP contribution in [0.3, 0.4) is 0 Å². The number of hydrogen-bond donors (Lipinski definition) is 1. The molecule has 1 aromatic carbocycles. The molecule has 1 fully saturated rings. The third-order valence-corrected chi connectivity index (χ3v) is 3.56. The van der Waals surface area contributed by atoms with Crippen molar-refractivity contribution in [2.45, 2.75) is 19.9 Å². The molecule has 0 amide bonds. The summed E-state index contributed by atoms with van der Waals surface area (Å²) in [5, 5.41) is 3.47. The third kappa shape index (κ3) is 3.72. The second-order valence-electron chi connectivity index (χ2n) is 5.21. The Kier molecular flexibility index (Phi) is 5.02. The predicted molar refractivity (Wildman–Crippen MR) is 75.0 cm³/mol. The first kappa shape index (κ1) is 13.4. The van der Waals surface area contributed by atoms with Gasteiger partial charge in [0.05, 0.1) is 0 Å². The molecule has 1 aromatic rings. The summed E-state index contributed by atoms with van der Waals surface area (Å²) in [6.07, 6.45) is 0. The summed E-state index contributed by atoms with van der Waals surface area (Å²) >= 11 is 0. The molecule has 100 valence electrons. The van der Waals surface area contributed by atoms with Gasteiger partial charge in [0.1, 0.15) is 12.4 Å². The molecule has 1 aliphatic heterocycles. The van der Waals surface area contributed by atoms with Crippen LogP contribution in [0.5, 0.6) is 5.75 Å². The number of ether oxygens (including phenoxy) is 1. The van der Waals surface area contributed by atoms with E-state index in [0.717, 1.165) is 38.5 Å². The predicted octanol–water partition coefficient (Wildman–Crippen LogP) is 2.00. The van der Waals surface area contributed by atoms with E-state index in [1.807, 2.05) is 30.3 Å². The Morgan fingerprint density at radius 2 is 2.11 bits per heavy atom. The molecule has 18 heavy (non-hydrogen) atoms. The van der Waals surface area contributed by atoms with E-state index in [9.17, 15) is 0 Å². The highest BCUT2D eigenvalue weighted by Crippen LogP contribution is 2.13. The largest absolute Gasteiger partial charge is 0.492 e. The molecule has 0 spiro atoms. The summed E-state index contributed by atoms with van der Waals surface area (Å²) in [5.41, 5.74) is 0. The van der Waals surface area contributed by atoms with Crippen LogP contribution >= 0.6 is 0 Å². The van der Waals surface area contributed by atoms with Crippen molar-refractivity contribution in [3.8, 4) is 5.75 Å². The zero-order valence-corrected chi connectivity index (χ0v) is 11.4. The lowest BCUT2D eigenvalue weighted by Crippen LogP contribution is -2.54. The fourth-order valence-electron chi connectivity index (χ4n) is 2.50. The van der Waals surface area contributed by atoms with Gasteiger partial charge >= 0.3 is 0 Å². The number of piperazine rings is 1. The Morgan fingerprint density at radius 3 is 2.83 bits per heavy atom. The van der Waals surface area contributed by atoms with E-state index in [0.29, 0.717) is 12.0 Å². The van der Waals surface area contributed by atoms with Crippen LogP contribution < -0.4 is 10.1 Å². The fraction of sp³-hybridized carbons (Fsp3) is 0.600. The minimum Gasteiger partial charge on any atom is -0.492 e. The van der Waals surface area contributed by atoms with Gasteiger partial charge in [0.2, 0.25) is 0 Å². The number of para-hydroxylation sites is 1. The average Bonchev–Trinajstić information content (AvgIpc) is 2.40. The van der Waals surface area contributed by atoms with E-state index >= 15 is 0 Å². The van der Waals surface area contributed by atoms with E-state index in [4.69, 9.17) is 4.74 Å². The van der Waals surface area contributed by atoms with Crippen molar-refractivity contribution in [3.05, 3.63) is 30.3 Å². The van der Waals surface area contributed by atoms with Crippen molar-refractivity contribution in [1.82, 2.24) is 10.2 Å². The Labute approximate surface area is 110 Å². The second-order valence-corrected chi connectivity index (χ2v) is 5.21. The molecule has 0 aromatic heterocycles. The van der Waals surface area contributed by atoms with E-state index < -0.39 is 0 Å². The van der Waals surface area contributed by atoms with E-state index in [-0.39, 0.29) is 0 Å². The summed E-state index contributed by atoms with van der Waals surface area (Å²) < 4.78 is 5.77. The van der Waals surface area contributed by atoms with Gasteiger partial charge in [-0.15, -0.1) is 0 Å². The number of nitrogens with zero attached hydrogens (tertiary/aromatic N) is 1. The molecule has 1 unspecified atom stereocenters. The molecule has 1 saturated heterocycles. The highest BCUT2D eigenvalue weighted by molar-refractivity contribution is 5.20. The van der Waals surface area contributed by atoms with Crippen molar-refractivity contribution >= 4 is 0 Å². The van der Waals surface area contributed by atoms with Crippen molar-refractivity contribution < 1.29 is 4.74 Å². The van der Waals surface area contributed by atoms with Crippen LogP contribution in [0.1, 0.15) is 13.8 Å². The molecule has 3 nitrogen and oxygen atoms in total. The molecule has 0 bridgehead atoms. The highest BCUT2D eigenvalue weighted by atomic mass is 16.5. The highest BCUT2D eigenvalue weighted by Gasteiger charge is 2.24. The van der Waals surface area contributed by atoms with Crippen molar-refractivity contribution in [2.24, 2.45) is 5.92 Å². The molecule has 3 heteroatoms.